The van der Waals surface area contributed by atoms with Gasteiger partial charge in [-0.2, -0.15) is 8.78 Å². The van der Waals surface area contributed by atoms with Gasteiger partial charge in [-0.25, -0.2) is 4.79 Å². The van der Waals surface area contributed by atoms with Crippen LogP contribution in [0.15, 0.2) is 59.0 Å². The first-order valence-electron chi connectivity index (χ1n) is 10.1. The fourth-order valence-electron chi connectivity index (χ4n) is 3.25. The van der Waals surface area contributed by atoms with Crippen LogP contribution < -0.4 is 4.90 Å². The molecule has 176 valence electrons. The molecule has 33 heavy (non-hydrogen) atoms. The molecule has 11 heteroatoms. The van der Waals surface area contributed by atoms with Gasteiger partial charge in [-0.15, -0.1) is 21.8 Å². The van der Waals surface area contributed by atoms with Crippen LogP contribution in [-0.2, 0) is 17.3 Å². The van der Waals surface area contributed by atoms with Gasteiger partial charge in [0.1, 0.15) is 0 Å². The van der Waals surface area contributed by atoms with Gasteiger partial charge in [0.05, 0.1) is 6.54 Å². The normalized spacial score (nSPS) is 14.0. The summed E-state index contributed by atoms with van der Waals surface area (Å²) in [4.78, 5) is 16.6. The van der Waals surface area contributed by atoms with Gasteiger partial charge in [-0.3, -0.25) is 9.11 Å². The molecule has 0 saturated carbocycles. The molecule has 0 atom stereocenters. The Balaban J connectivity index is 0.00000149. The first kappa shape index (κ1) is 24.8. The van der Waals surface area contributed by atoms with Crippen LogP contribution in [0.3, 0.4) is 0 Å². The van der Waals surface area contributed by atoms with E-state index >= 15 is 0 Å². The number of carbonyl (C=O) groups is 1. The molecule has 2 amide bonds. The highest BCUT2D eigenvalue weighted by atomic mass is 35.5. The lowest BCUT2D eigenvalue weighted by Crippen LogP contribution is -2.48. The van der Waals surface area contributed by atoms with E-state index in [0.717, 1.165) is 11.3 Å². The third-order valence-electron chi connectivity index (χ3n) is 4.92. The second kappa shape index (κ2) is 11.9. The molecule has 0 N–H and O–H groups in total. The highest BCUT2D eigenvalue weighted by Gasteiger charge is 2.26. The predicted octanol–water partition coefficient (Wildman–Crippen LogP) is 4.72. The maximum atomic E-state index is 13.2. The lowest BCUT2D eigenvalue weighted by Gasteiger charge is -2.33. The van der Waals surface area contributed by atoms with Crippen molar-refractivity contribution in [2.45, 2.75) is 13.0 Å². The van der Waals surface area contributed by atoms with E-state index in [2.05, 4.69) is 21.8 Å². The average molecular weight is 497 g/mol. The molecule has 0 radical (unpaired) electrons. The summed E-state index contributed by atoms with van der Waals surface area (Å²) in [6.07, 6.45) is -1.35. The molecule has 0 bridgehead atoms. The minimum Gasteiger partial charge on any atom is -0.415 e. The highest BCUT2D eigenvalue weighted by Crippen LogP contribution is 2.25. The largest absolute Gasteiger partial charge is 0.415 e. The van der Waals surface area contributed by atoms with Crippen molar-refractivity contribution in [2.75, 3.05) is 35.9 Å². The molecule has 3 aromatic rings. The summed E-state index contributed by atoms with van der Waals surface area (Å²) in [5, 5.41) is 6.98. The van der Waals surface area contributed by atoms with E-state index < -0.39 is 23.1 Å². The molecule has 0 aliphatic carbocycles. The van der Waals surface area contributed by atoms with Crippen molar-refractivity contribution >= 4 is 34.1 Å². The molecule has 1 saturated heterocycles. The third kappa shape index (κ3) is 6.35. The van der Waals surface area contributed by atoms with Gasteiger partial charge >= 0.3 is 12.5 Å². The van der Waals surface area contributed by atoms with E-state index in [4.69, 9.17) is 4.42 Å². The van der Waals surface area contributed by atoms with Crippen LogP contribution in [0, 0.1) is 0 Å². The highest BCUT2D eigenvalue weighted by molar-refractivity contribution is 7.85. The zero-order valence-corrected chi connectivity index (χ0v) is 19.4. The monoisotopic (exact) mass is 496 g/mol. The number of aromatic nitrogens is 2. The number of alkyl halides is 3. The fraction of sp³-hybridized carbons (Fsp3) is 0.318. The molecule has 1 aliphatic heterocycles. The molecular weight excluding hydrogens is 474 g/mol. The van der Waals surface area contributed by atoms with Crippen LogP contribution in [0.1, 0.15) is 17.9 Å². The average Bonchev–Trinajstić information content (AvgIpc) is 3.36. The van der Waals surface area contributed by atoms with Gasteiger partial charge < -0.3 is 9.32 Å². The maximum Gasteiger partial charge on any atom is 0.324 e. The Morgan fingerprint density at radius 3 is 2.30 bits per heavy atom. The number of rotatable bonds is 5. The van der Waals surface area contributed by atoms with E-state index in [1.807, 2.05) is 30.3 Å². The van der Waals surface area contributed by atoms with Crippen LogP contribution in [-0.4, -0.2) is 56.3 Å². The molecule has 1 aliphatic rings. The number of nitrogens with zero attached hydrogens (tertiary/aromatic N) is 4. The van der Waals surface area contributed by atoms with Gasteiger partial charge in [-0.05, 0) is 29.8 Å². The van der Waals surface area contributed by atoms with Crippen molar-refractivity contribution in [3.05, 3.63) is 66.1 Å². The third-order valence-corrected chi connectivity index (χ3v) is 6.19. The summed E-state index contributed by atoms with van der Waals surface area (Å²) in [6.45, 7) is 1.23. The van der Waals surface area contributed by atoms with Crippen LogP contribution in [0.25, 0.3) is 11.5 Å². The fourth-order valence-corrected chi connectivity index (χ4v) is 4.30. The number of amides is 2. The molecule has 1 aromatic heterocycles. The van der Waals surface area contributed by atoms with Gasteiger partial charge in [0.15, 0.2) is 0 Å². The van der Waals surface area contributed by atoms with Crippen molar-refractivity contribution in [1.82, 2.24) is 15.1 Å². The van der Waals surface area contributed by atoms with Gasteiger partial charge in [0.2, 0.25) is 5.89 Å². The van der Waals surface area contributed by atoms with Crippen molar-refractivity contribution in [3.63, 3.8) is 0 Å². The van der Waals surface area contributed by atoms with Crippen LogP contribution in [0.2, 0.25) is 0 Å². The van der Waals surface area contributed by atoms with E-state index in [1.165, 1.54) is 6.38 Å². The Labute approximate surface area is 197 Å². The first-order valence-corrected chi connectivity index (χ1v) is 12.3. The van der Waals surface area contributed by atoms with E-state index in [-0.39, 0.29) is 11.9 Å². The topological polar surface area (TPSA) is 79.5 Å². The Hall–Kier alpha value is -2.85. The van der Waals surface area contributed by atoms with Crippen molar-refractivity contribution in [2.24, 2.45) is 0 Å². The first-order chi connectivity index (χ1) is 16.0. The number of para-hydroxylation sites is 1. The van der Waals surface area contributed by atoms with Crippen molar-refractivity contribution in [1.29, 1.82) is 0 Å². The smallest absolute Gasteiger partial charge is 0.324 e. The molecule has 0 unspecified atom stereocenters. The summed E-state index contributed by atoms with van der Waals surface area (Å²) in [5.74, 6) is 0.253. The summed E-state index contributed by atoms with van der Waals surface area (Å²) < 4.78 is 42.0. The summed E-state index contributed by atoms with van der Waals surface area (Å²) in [5.41, 5.74) is 2.11. The van der Waals surface area contributed by atoms with Crippen molar-refractivity contribution < 1.29 is 22.2 Å². The Bertz CT molecular complexity index is 1060. The van der Waals surface area contributed by atoms with Crippen LogP contribution in [0.5, 0.6) is 0 Å². The number of halogens is 3. The second-order valence-corrected chi connectivity index (χ2v) is 8.68. The Kier molecular flexibility index (Phi) is 8.90. The van der Waals surface area contributed by atoms with Gasteiger partial charge in [0, 0.05) is 53.0 Å². The summed E-state index contributed by atoms with van der Waals surface area (Å²) in [6, 6.07) is 16.1. The molecular formula is C22H23ClF2N4O3S. The van der Waals surface area contributed by atoms with Crippen molar-refractivity contribution in [3.8, 4) is 11.5 Å². The van der Waals surface area contributed by atoms with Gasteiger partial charge in [0.25, 0.3) is 5.89 Å². The number of carbonyl (C=O) groups excluding carboxylic acids is 1. The summed E-state index contributed by atoms with van der Waals surface area (Å²) in [7, 11) is -0.875. The number of urea groups is 1. The van der Waals surface area contributed by atoms with Crippen LogP contribution >= 0.6 is 11.6 Å². The number of hydrogen-bond donors (Lipinski definition) is 0. The Morgan fingerprint density at radius 2 is 1.73 bits per heavy atom. The molecule has 2 aromatic carbocycles. The molecule has 1 fully saturated rings. The lowest BCUT2D eigenvalue weighted by atomic mass is 10.1. The van der Waals surface area contributed by atoms with E-state index in [1.54, 1.807) is 34.1 Å². The Morgan fingerprint density at radius 1 is 1.09 bits per heavy atom. The quantitative estimate of drug-likeness (QED) is 0.477. The molecule has 0 spiro atoms. The molecule has 2 heterocycles. The van der Waals surface area contributed by atoms with E-state index in [0.29, 0.717) is 36.7 Å². The second-order valence-electron chi connectivity index (χ2n) is 6.98. The zero-order chi connectivity index (χ0) is 23.8. The molecule has 7 nitrogen and oxygen atoms in total. The standard InChI is InChI=1S/C21H20F2N4O3S.CH3Cl/c22-18(23)20-25-24-19(30-20)16-8-6-15(7-9-16)14-27(17-4-2-1-3-5-17)21(28)26-10-12-31(29)13-11-26;1-2/h1-9,18H,10-14H2;1H3. The molecule has 4 rings (SSSR count). The minimum atomic E-state index is -2.82. The number of benzene rings is 2. The van der Waals surface area contributed by atoms with Gasteiger partial charge in [-0.1, -0.05) is 30.3 Å². The lowest BCUT2D eigenvalue weighted by molar-refractivity contribution is 0.116. The predicted molar refractivity (Wildman–Crippen MR) is 124 cm³/mol. The minimum absolute atomic E-state index is 0.0131. The number of hydrogen-bond acceptors (Lipinski definition) is 5. The SMILES string of the molecule is CCl.O=C(N1CCS(=O)CC1)N(Cc1ccc(-c2nnc(C(F)F)o2)cc1)c1ccccc1. The van der Waals surface area contributed by atoms with Crippen LogP contribution in [0.4, 0.5) is 19.3 Å². The van der Waals surface area contributed by atoms with E-state index in [9.17, 15) is 17.8 Å². The maximum absolute atomic E-state index is 13.2. The zero-order valence-electron chi connectivity index (χ0n) is 17.9. The summed E-state index contributed by atoms with van der Waals surface area (Å²) >= 11 is 4.64. The number of anilines is 1.